The summed E-state index contributed by atoms with van der Waals surface area (Å²) >= 11 is 0. The Morgan fingerprint density at radius 2 is 2.25 bits per heavy atom. The molecule has 0 spiro atoms. The van der Waals surface area contributed by atoms with E-state index in [1.807, 2.05) is 30.3 Å². The maximum absolute atomic E-state index is 10.5. The first-order chi connectivity index (χ1) is 9.78. The average Bonchev–Trinajstić information content (AvgIpc) is 2.91. The standard InChI is InChI=1S/C16H21NO3/c1-2-7-17-8-9-19-15(11-17)16(18)14-10-12-5-3-4-6-13(12)20-14/h3-6,10,15-16,18H,2,7-9,11H2,1H3. The zero-order valence-electron chi connectivity index (χ0n) is 11.8. The van der Waals surface area contributed by atoms with Gasteiger partial charge in [0, 0.05) is 18.5 Å². The number of nitrogens with zero attached hydrogens (tertiary/aromatic N) is 1. The Morgan fingerprint density at radius 1 is 1.40 bits per heavy atom. The highest BCUT2D eigenvalue weighted by Crippen LogP contribution is 2.28. The van der Waals surface area contributed by atoms with Crippen LogP contribution >= 0.6 is 0 Å². The Kier molecular flexibility index (Phi) is 4.05. The summed E-state index contributed by atoms with van der Waals surface area (Å²) < 4.78 is 11.4. The van der Waals surface area contributed by atoms with Gasteiger partial charge in [0.1, 0.15) is 23.6 Å². The van der Waals surface area contributed by atoms with Crippen molar-refractivity contribution >= 4 is 11.0 Å². The summed E-state index contributed by atoms with van der Waals surface area (Å²) in [5.41, 5.74) is 0.808. The van der Waals surface area contributed by atoms with E-state index in [-0.39, 0.29) is 6.10 Å². The van der Waals surface area contributed by atoms with Gasteiger partial charge in [0.2, 0.25) is 0 Å². The van der Waals surface area contributed by atoms with Crippen molar-refractivity contribution in [3.63, 3.8) is 0 Å². The third-order valence-corrected chi connectivity index (χ3v) is 3.81. The molecule has 0 saturated carbocycles. The van der Waals surface area contributed by atoms with Crippen LogP contribution in [-0.2, 0) is 4.74 Å². The van der Waals surface area contributed by atoms with Crippen molar-refractivity contribution in [2.24, 2.45) is 0 Å². The van der Waals surface area contributed by atoms with E-state index in [1.54, 1.807) is 0 Å². The van der Waals surface area contributed by atoms with Gasteiger partial charge in [-0.2, -0.15) is 0 Å². The van der Waals surface area contributed by atoms with Gasteiger partial charge in [0.25, 0.3) is 0 Å². The SMILES string of the molecule is CCCN1CCOC(C(O)c2cc3ccccc3o2)C1. The van der Waals surface area contributed by atoms with Gasteiger partial charge in [0.15, 0.2) is 0 Å². The molecule has 1 fully saturated rings. The van der Waals surface area contributed by atoms with Crippen molar-refractivity contribution in [1.29, 1.82) is 0 Å². The number of rotatable bonds is 4. The van der Waals surface area contributed by atoms with E-state index >= 15 is 0 Å². The fourth-order valence-corrected chi connectivity index (χ4v) is 2.77. The molecule has 1 saturated heterocycles. The number of hydrogen-bond acceptors (Lipinski definition) is 4. The lowest BCUT2D eigenvalue weighted by molar-refractivity contribution is -0.0950. The van der Waals surface area contributed by atoms with Gasteiger partial charge in [-0.3, -0.25) is 4.90 Å². The van der Waals surface area contributed by atoms with Crippen LogP contribution in [0.1, 0.15) is 25.2 Å². The highest BCUT2D eigenvalue weighted by molar-refractivity contribution is 5.77. The van der Waals surface area contributed by atoms with Crippen LogP contribution in [0.25, 0.3) is 11.0 Å². The molecule has 0 bridgehead atoms. The monoisotopic (exact) mass is 275 g/mol. The fraction of sp³-hybridized carbons (Fsp3) is 0.500. The highest BCUT2D eigenvalue weighted by atomic mass is 16.5. The maximum atomic E-state index is 10.5. The number of fused-ring (bicyclic) bond motifs is 1. The Bertz CT molecular complexity index is 531. The number of hydrogen-bond donors (Lipinski definition) is 1. The summed E-state index contributed by atoms with van der Waals surface area (Å²) in [5, 5.41) is 11.5. The molecule has 4 heteroatoms. The van der Waals surface area contributed by atoms with Crippen molar-refractivity contribution in [2.45, 2.75) is 25.6 Å². The van der Waals surface area contributed by atoms with Gasteiger partial charge < -0.3 is 14.3 Å². The van der Waals surface area contributed by atoms with Crippen molar-refractivity contribution in [3.05, 3.63) is 36.1 Å². The van der Waals surface area contributed by atoms with Crippen molar-refractivity contribution in [3.8, 4) is 0 Å². The smallest absolute Gasteiger partial charge is 0.139 e. The number of furan rings is 1. The normalized spacial score (nSPS) is 22.2. The van der Waals surface area contributed by atoms with E-state index in [4.69, 9.17) is 9.15 Å². The molecule has 3 rings (SSSR count). The molecule has 1 aromatic heterocycles. The van der Waals surface area contributed by atoms with E-state index in [9.17, 15) is 5.11 Å². The predicted octanol–water partition coefficient (Wildman–Crippen LogP) is 2.58. The van der Waals surface area contributed by atoms with E-state index in [2.05, 4.69) is 11.8 Å². The first-order valence-electron chi connectivity index (χ1n) is 7.28. The number of benzene rings is 1. The molecule has 2 heterocycles. The van der Waals surface area contributed by atoms with Crippen LogP contribution in [0.4, 0.5) is 0 Å². The second-order valence-corrected chi connectivity index (χ2v) is 5.34. The summed E-state index contributed by atoms with van der Waals surface area (Å²) in [4.78, 5) is 2.33. The molecule has 1 N–H and O–H groups in total. The summed E-state index contributed by atoms with van der Waals surface area (Å²) in [6.45, 7) is 5.58. The first-order valence-corrected chi connectivity index (χ1v) is 7.28. The molecule has 1 aliphatic rings. The molecule has 20 heavy (non-hydrogen) atoms. The molecule has 2 unspecified atom stereocenters. The minimum absolute atomic E-state index is 0.212. The topological polar surface area (TPSA) is 45.8 Å². The number of para-hydroxylation sites is 1. The van der Waals surface area contributed by atoms with Crippen LogP contribution in [0.15, 0.2) is 34.7 Å². The lowest BCUT2D eigenvalue weighted by atomic mass is 10.1. The van der Waals surface area contributed by atoms with Crippen molar-refractivity contribution in [2.75, 3.05) is 26.2 Å². The molecular weight excluding hydrogens is 254 g/mol. The van der Waals surface area contributed by atoms with Crippen molar-refractivity contribution < 1.29 is 14.3 Å². The van der Waals surface area contributed by atoms with Crippen LogP contribution in [0.5, 0.6) is 0 Å². The Morgan fingerprint density at radius 3 is 3.05 bits per heavy atom. The first kappa shape index (κ1) is 13.6. The van der Waals surface area contributed by atoms with E-state index < -0.39 is 6.10 Å². The van der Waals surface area contributed by atoms with Gasteiger partial charge in [-0.1, -0.05) is 25.1 Å². The Hall–Kier alpha value is -1.36. The molecule has 0 aliphatic carbocycles. The van der Waals surface area contributed by atoms with Crippen LogP contribution in [0.3, 0.4) is 0 Å². The van der Waals surface area contributed by atoms with E-state index in [0.717, 1.165) is 37.0 Å². The molecule has 1 aliphatic heterocycles. The molecule has 1 aromatic carbocycles. The lowest BCUT2D eigenvalue weighted by Crippen LogP contribution is -2.45. The summed E-state index contributed by atoms with van der Waals surface area (Å²) in [5.74, 6) is 0.592. The third kappa shape index (κ3) is 2.73. The van der Waals surface area contributed by atoms with Gasteiger partial charge in [-0.25, -0.2) is 0 Å². The largest absolute Gasteiger partial charge is 0.458 e. The van der Waals surface area contributed by atoms with Gasteiger partial charge in [-0.15, -0.1) is 0 Å². The molecule has 0 amide bonds. The minimum Gasteiger partial charge on any atom is -0.458 e. The van der Waals surface area contributed by atoms with Crippen LogP contribution < -0.4 is 0 Å². The second kappa shape index (κ2) is 5.95. The van der Waals surface area contributed by atoms with Crippen LogP contribution in [0.2, 0.25) is 0 Å². The van der Waals surface area contributed by atoms with Crippen molar-refractivity contribution in [1.82, 2.24) is 4.90 Å². The zero-order chi connectivity index (χ0) is 13.9. The van der Waals surface area contributed by atoms with Crippen LogP contribution in [-0.4, -0.2) is 42.4 Å². The molecule has 108 valence electrons. The second-order valence-electron chi connectivity index (χ2n) is 5.34. The van der Waals surface area contributed by atoms with E-state index in [0.29, 0.717) is 12.4 Å². The Balaban J connectivity index is 1.75. The average molecular weight is 275 g/mol. The minimum atomic E-state index is -0.706. The third-order valence-electron chi connectivity index (χ3n) is 3.81. The summed E-state index contributed by atoms with van der Waals surface area (Å²) in [6.07, 6.45) is 0.200. The number of aliphatic hydroxyl groups is 1. The number of morpholine rings is 1. The zero-order valence-corrected chi connectivity index (χ0v) is 11.8. The quantitative estimate of drug-likeness (QED) is 0.931. The van der Waals surface area contributed by atoms with Gasteiger partial charge in [0.05, 0.1) is 6.61 Å². The van der Waals surface area contributed by atoms with Gasteiger partial charge in [-0.05, 0) is 25.1 Å². The molecule has 2 atom stereocenters. The highest BCUT2D eigenvalue weighted by Gasteiger charge is 2.29. The Labute approximate surface area is 118 Å². The van der Waals surface area contributed by atoms with Crippen LogP contribution in [0, 0.1) is 0 Å². The molecule has 0 radical (unpaired) electrons. The number of aliphatic hydroxyl groups excluding tert-OH is 1. The molecular formula is C16H21NO3. The molecule has 2 aromatic rings. The lowest BCUT2D eigenvalue weighted by Gasteiger charge is -2.34. The maximum Gasteiger partial charge on any atom is 0.139 e. The number of ether oxygens (including phenoxy) is 1. The molecule has 4 nitrogen and oxygen atoms in total. The van der Waals surface area contributed by atoms with E-state index in [1.165, 1.54) is 0 Å². The summed E-state index contributed by atoms with van der Waals surface area (Å²) in [7, 11) is 0. The predicted molar refractivity (Wildman–Crippen MR) is 77.6 cm³/mol. The van der Waals surface area contributed by atoms with Gasteiger partial charge >= 0.3 is 0 Å². The fourth-order valence-electron chi connectivity index (χ4n) is 2.77. The summed E-state index contributed by atoms with van der Waals surface area (Å²) in [6, 6.07) is 9.70.